The Labute approximate surface area is 103 Å². The van der Waals surface area contributed by atoms with Crippen molar-refractivity contribution in [2.75, 3.05) is 0 Å². The second-order valence-corrected chi connectivity index (χ2v) is 4.77. The predicted molar refractivity (Wildman–Crippen MR) is 60.7 cm³/mol. The minimum atomic E-state index is -2.70. The number of halogens is 2. The van der Waals surface area contributed by atoms with E-state index in [0.29, 0.717) is 5.56 Å². The quantitative estimate of drug-likeness (QED) is 0.855. The summed E-state index contributed by atoms with van der Waals surface area (Å²) in [6, 6.07) is 5.74. The zero-order valence-electron chi connectivity index (χ0n) is 9.70. The van der Waals surface area contributed by atoms with E-state index in [1.54, 1.807) is 0 Å². The molecule has 1 fully saturated rings. The molecule has 0 atom stereocenters. The van der Waals surface area contributed by atoms with Crippen LogP contribution in [0.3, 0.4) is 0 Å². The molecule has 98 valence electrons. The molecule has 0 aliphatic heterocycles. The summed E-state index contributed by atoms with van der Waals surface area (Å²) in [5.41, 5.74) is -0.648. The summed E-state index contributed by atoms with van der Waals surface area (Å²) in [4.78, 5) is 10.7. The molecule has 0 spiro atoms. The molecule has 0 saturated heterocycles. The highest BCUT2D eigenvalue weighted by atomic mass is 19.3. The van der Waals surface area contributed by atoms with Gasteiger partial charge < -0.3 is 10.2 Å². The number of benzene rings is 1. The van der Waals surface area contributed by atoms with E-state index in [0.717, 1.165) is 0 Å². The molecule has 2 N–H and O–H groups in total. The predicted octanol–water partition coefficient (Wildman–Crippen LogP) is 2.78. The van der Waals surface area contributed by atoms with Crippen molar-refractivity contribution in [1.82, 2.24) is 0 Å². The number of carboxylic acid groups (broad SMARTS) is 1. The summed E-state index contributed by atoms with van der Waals surface area (Å²) in [6.07, 6.45) is -0.701. The van der Waals surface area contributed by atoms with Gasteiger partial charge in [-0.1, -0.05) is 12.1 Å². The lowest BCUT2D eigenvalue weighted by atomic mass is 9.78. The average molecular weight is 256 g/mol. The normalized spacial score (nSPS) is 21.5. The van der Waals surface area contributed by atoms with E-state index in [9.17, 15) is 18.7 Å². The first kappa shape index (κ1) is 13.0. The van der Waals surface area contributed by atoms with Crippen molar-refractivity contribution in [3.8, 4) is 0 Å². The van der Waals surface area contributed by atoms with Gasteiger partial charge in [0.25, 0.3) is 0 Å². The first-order valence-electron chi connectivity index (χ1n) is 5.76. The molecule has 0 bridgehead atoms. The topological polar surface area (TPSA) is 57.5 Å². The van der Waals surface area contributed by atoms with E-state index in [4.69, 9.17) is 5.11 Å². The van der Waals surface area contributed by atoms with Crippen molar-refractivity contribution in [1.29, 1.82) is 0 Å². The maximum absolute atomic E-state index is 13.0. The number of carboxylic acids is 1. The highest BCUT2D eigenvalue weighted by Gasteiger charge is 2.43. The van der Waals surface area contributed by atoms with Crippen LogP contribution in [0.5, 0.6) is 0 Å². The van der Waals surface area contributed by atoms with Gasteiger partial charge in [-0.25, -0.2) is 13.6 Å². The van der Waals surface area contributed by atoms with Gasteiger partial charge in [0.2, 0.25) is 5.92 Å². The van der Waals surface area contributed by atoms with E-state index >= 15 is 0 Å². The molecule has 3 nitrogen and oxygen atoms in total. The van der Waals surface area contributed by atoms with Crippen LogP contribution in [0.15, 0.2) is 24.3 Å². The van der Waals surface area contributed by atoms with Crippen LogP contribution in [0, 0.1) is 0 Å². The molecule has 1 aliphatic carbocycles. The first-order chi connectivity index (χ1) is 8.32. The van der Waals surface area contributed by atoms with Crippen molar-refractivity contribution in [2.24, 2.45) is 0 Å². The lowest BCUT2D eigenvalue weighted by Crippen LogP contribution is -2.36. The Morgan fingerprint density at radius 1 is 1.06 bits per heavy atom. The summed E-state index contributed by atoms with van der Waals surface area (Å²) in [5, 5.41) is 19.1. The monoisotopic (exact) mass is 256 g/mol. The summed E-state index contributed by atoms with van der Waals surface area (Å²) in [7, 11) is 0. The molecule has 1 aromatic rings. The Hall–Kier alpha value is -1.49. The Morgan fingerprint density at radius 3 is 2.00 bits per heavy atom. The third kappa shape index (κ3) is 2.51. The first-order valence-corrected chi connectivity index (χ1v) is 5.76. The third-order valence-electron chi connectivity index (χ3n) is 3.48. The minimum absolute atomic E-state index is 0.00752. The van der Waals surface area contributed by atoms with Crippen molar-refractivity contribution in [2.45, 2.75) is 37.2 Å². The molecule has 0 radical (unpaired) electrons. The Bertz CT molecular complexity index is 444. The number of aliphatic hydroxyl groups is 1. The van der Waals surface area contributed by atoms with Gasteiger partial charge in [-0.05, 0) is 30.5 Å². The van der Waals surface area contributed by atoms with Crippen LogP contribution in [0.4, 0.5) is 8.78 Å². The fourth-order valence-corrected chi connectivity index (χ4v) is 2.24. The number of aromatic carboxylic acids is 1. The number of hydrogen-bond donors (Lipinski definition) is 2. The zero-order chi connectivity index (χ0) is 13.4. The van der Waals surface area contributed by atoms with Gasteiger partial charge in [0, 0.05) is 12.8 Å². The lowest BCUT2D eigenvalue weighted by molar-refractivity contribution is -0.107. The summed E-state index contributed by atoms with van der Waals surface area (Å²) < 4.78 is 26.1. The van der Waals surface area contributed by atoms with Crippen LogP contribution in [0.1, 0.15) is 41.6 Å². The molecular weight excluding hydrogens is 242 g/mol. The van der Waals surface area contributed by atoms with Gasteiger partial charge in [-0.15, -0.1) is 0 Å². The summed E-state index contributed by atoms with van der Waals surface area (Å²) >= 11 is 0. The molecule has 1 aliphatic rings. The van der Waals surface area contributed by atoms with Crippen molar-refractivity contribution in [3.63, 3.8) is 0 Å². The van der Waals surface area contributed by atoms with Gasteiger partial charge in [-0.2, -0.15) is 0 Å². The van der Waals surface area contributed by atoms with Gasteiger partial charge in [0.05, 0.1) is 11.2 Å². The number of alkyl halides is 2. The standard InChI is InChI=1S/C13H14F2O3/c14-13(15)7-5-12(18,6-8-13)10-3-1-9(2-4-10)11(16)17/h1-4,18H,5-8H2,(H,16,17). The van der Waals surface area contributed by atoms with E-state index in [1.807, 2.05) is 0 Å². The number of hydrogen-bond acceptors (Lipinski definition) is 2. The second-order valence-electron chi connectivity index (χ2n) is 4.77. The zero-order valence-corrected chi connectivity index (χ0v) is 9.70. The molecule has 0 amide bonds. The van der Waals surface area contributed by atoms with Crippen LogP contribution in [-0.4, -0.2) is 22.1 Å². The van der Waals surface area contributed by atoms with Crippen molar-refractivity contribution < 1.29 is 23.8 Å². The van der Waals surface area contributed by atoms with Gasteiger partial charge in [0.15, 0.2) is 0 Å². The maximum Gasteiger partial charge on any atom is 0.335 e. The molecule has 0 aromatic heterocycles. The summed E-state index contributed by atoms with van der Waals surface area (Å²) in [5.74, 6) is -3.75. The smallest absolute Gasteiger partial charge is 0.335 e. The Kier molecular flexibility index (Phi) is 3.11. The van der Waals surface area contributed by atoms with Gasteiger partial charge >= 0.3 is 5.97 Å². The lowest BCUT2D eigenvalue weighted by Gasteiger charge is -2.36. The molecule has 2 rings (SSSR count). The van der Waals surface area contributed by atoms with Gasteiger partial charge in [-0.3, -0.25) is 0 Å². The fourth-order valence-electron chi connectivity index (χ4n) is 2.24. The number of carbonyl (C=O) groups is 1. The fraction of sp³-hybridized carbons (Fsp3) is 0.462. The Morgan fingerprint density at radius 2 is 1.56 bits per heavy atom. The molecular formula is C13H14F2O3. The highest BCUT2D eigenvalue weighted by Crippen LogP contribution is 2.43. The minimum Gasteiger partial charge on any atom is -0.478 e. The molecule has 1 aromatic carbocycles. The Balaban J connectivity index is 2.18. The third-order valence-corrected chi connectivity index (χ3v) is 3.48. The van der Waals surface area contributed by atoms with E-state index in [-0.39, 0.29) is 31.2 Å². The molecule has 5 heteroatoms. The molecule has 18 heavy (non-hydrogen) atoms. The summed E-state index contributed by atoms with van der Waals surface area (Å²) in [6.45, 7) is 0. The largest absolute Gasteiger partial charge is 0.478 e. The molecule has 0 heterocycles. The number of rotatable bonds is 2. The van der Waals surface area contributed by atoms with Crippen molar-refractivity contribution >= 4 is 5.97 Å². The van der Waals surface area contributed by atoms with Crippen LogP contribution in [-0.2, 0) is 5.60 Å². The van der Waals surface area contributed by atoms with Crippen molar-refractivity contribution in [3.05, 3.63) is 35.4 Å². The maximum atomic E-state index is 13.0. The van der Waals surface area contributed by atoms with E-state index in [2.05, 4.69) is 0 Å². The van der Waals surface area contributed by atoms with Crippen LogP contribution >= 0.6 is 0 Å². The molecule has 1 saturated carbocycles. The SMILES string of the molecule is O=C(O)c1ccc(C2(O)CCC(F)(F)CC2)cc1. The average Bonchev–Trinajstić information content (AvgIpc) is 2.34. The van der Waals surface area contributed by atoms with Crippen LogP contribution in [0.25, 0.3) is 0 Å². The van der Waals surface area contributed by atoms with E-state index in [1.165, 1.54) is 24.3 Å². The van der Waals surface area contributed by atoms with Crippen LogP contribution < -0.4 is 0 Å². The second kappa shape index (κ2) is 4.31. The van der Waals surface area contributed by atoms with E-state index < -0.39 is 17.5 Å². The van der Waals surface area contributed by atoms with Crippen LogP contribution in [0.2, 0.25) is 0 Å². The molecule has 0 unspecified atom stereocenters. The van der Waals surface area contributed by atoms with Gasteiger partial charge in [0.1, 0.15) is 0 Å². The highest BCUT2D eigenvalue weighted by molar-refractivity contribution is 5.87.